The van der Waals surface area contributed by atoms with Crippen molar-refractivity contribution in [2.45, 2.75) is 65.0 Å². The van der Waals surface area contributed by atoms with Gasteiger partial charge in [-0.2, -0.15) is 0 Å². The van der Waals surface area contributed by atoms with E-state index in [4.69, 9.17) is 9.72 Å². The fraction of sp³-hybridized carbons (Fsp3) is 0.387. The number of ether oxygens (including phenoxy) is 1. The summed E-state index contributed by atoms with van der Waals surface area (Å²) < 4.78 is 6.58. The zero-order chi connectivity index (χ0) is 29.6. The van der Waals surface area contributed by atoms with E-state index in [9.17, 15) is 14.4 Å². The molecular weight excluding hydrogens is 534 g/mol. The third kappa shape index (κ3) is 6.00. The molecule has 1 N–H and O–H groups in total. The number of tetrazole rings is 1. The number of benzene rings is 2. The number of carbonyl (C=O) groups excluding carboxylic acids is 2. The van der Waals surface area contributed by atoms with E-state index in [0.717, 1.165) is 41.5 Å². The third-order valence-electron chi connectivity index (χ3n) is 7.81. The lowest BCUT2D eigenvalue weighted by Crippen LogP contribution is -2.43. The van der Waals surface area contributed by atoms with Gasteiger partial charge in [0.15, 0.2) is 5.82 Å². The molecule has 1 saturated heterocycles. The topological polar surface area (TPSA) is 136 Å². The largest absolute Gasteiger partial charge is 0.467 e. The van der Waals surface area contributed by atoms with Gasteiger partial charge >= 0.3 is 5.97 Å². The number of rotatable bonds is 10. The summed E-state index contributed by atoms with van der Waals surface area (Å²) in [5.41, 5.74) is 4.49. The first-order chi connectivity index (χ1) is 20.4. The second-order valence-electron chi connectivity index (χ2n) is 10.5. The van der Waals surface area contributed by atoms with Gasteiger partial charge in [-0.25, -0.2) is 14.9 Å². The predicted octanol–water partition coefficient (Wildman–Crippen LogP) is 3.50. The first-order valence-corrected chi connectivity index (χ1v) is 14.3. The number of unbranched alkanes of at least 4 members (excludes halogenated alkanes) is 1. The molecular formula is C31H35N7O4. The van der Waals surface area contributed by atoms with E-state index in [2.05, 4.69) is 27.5 Å². The Labute approximate surface area is 243 Å². The Kier molecular flexibility index (Phi) is 8.85. The van der Waals surface area contributed by atoms with Crippen LogP contribution in [-0.2, 0) is 33.7 Å². The summed E-state index contributed by atoms with van der Waals surface area (Å²) in [4.78, 5) is 45.7. The lowest BCUT2D eigenvalue weighted by molar-refractivity contribution is -0.150. The number of amides is 1. The molecule has 11 nitrogen and oxygen atoms in total. The number of hydrogen-bond donors (Lipinski definition) is 1. The molecule has 2 aromatic heterocycles. The van der Waals surface area contributed by atoms with Gasteiger partial charge in [-0.3, -0.25) is 14.2 Å². The molecule has 0 bridgehead atoms. The molecule has 1 aliphatic heterocycles. The number of aromatic nitrogens is 6. The molecule has 0 spiro atoms. The van der Waals surface area contributed by atoms with Gasteiger partial charge in [-0.05, 0) is 53.3 Å². The molecule has 1 fully saturated rings. The molecule has 5 rings (SSSR count). The minimum Gasteiger partial charge on any atom is -0.467 e. The first-order valence-electron chi connectivity index (χ1n) is 14.3. The van der Waals surface area contributed by atoms with Crippen molar-refractivity contribution in [1.29, 1.82) is 0 Å². The number of nitrogens with one attached hydrogen (secondary N) is 1. The zero-order valence-electron chi connectivity index (χ0n) is 24.2. The highest BCUT2D eigenvalue weighted by Gasteiger charge is 2.35. The van der Waals surface area contributed by atoms with Crippen LogP contribution in [0.4, 0.5) is 0 Å². The highest BCUT2D eigenvalue weighted by atomic mass is 16.5. The Morgan fingerprint density at radius 3 is 2.55 bits per heavy atom. The number of H-pyrrole nitrogens is 1. The van der Waals surface area contributed by atoms with E-state index in [1.165, 1.54) is 12.0 Å². The van der Waals surface area contributed by atoms with Gasteiger partial charge in [0.1, 0.15) is 11.9 Å². The fourth-order valence-corrected chi connectivity index (χ4v) is 5.53. The van der Waals surface area contributed by atoms with E-state index < -0.39 is 12.0 Å². The molecule has 1 atom stereocenters. The number of likely N-dealkylation sites (tertiary alicyclic amines) is 1. The maximum Gasteiger partial charge on any atom is 0.328 e. The van der Waals surface area contributed by atoms with Crippen molar-refractivity contribution >= 4 is 11.9 Å². The maximum atomic E-state index is 13.9. The molecule has 0 aliphatic carbocycles. The average Bonchev–Trinajstić information content (AvgIpc) is 3.73. The SMILES string of the molecule is CCCCc1nc(C)c(CC(=O)N2CCCC2C(=O)OC)c(=O)n1Cc1ccc(-c2ccccc2-c2nnn[nH]2)cc1. The van der Waals surface area contributed by atoms with Gasteiger partial charge in [-0.15, -0.1) is 5.10 Å². The quantitative estimate of drug-likeness (QED) is 0.287. The summed E-state index contributed by atoms with van der Waals surface area (Å²) in [5, 5.41) is 14.3. The van der Waals surface area contributed by atoms with Crippen LogP contribution in [0.3, 0.4) is 0 Å². The van der Waals surface area contributed by atoms with E-state index in [1.807, 2.05) is 48.5 Å². The van der Waals surface area contributed by atoms with Gasteiger partial charge in [0.05, 0.1) is 20.1 Å². The minimum atomic E-state index is -0.606. The molecule has 1 unspecified atom stereocenters. The lowest BCUT2D eigenvalue weighted by Gasteiger charge is -2.23. The highest BCUT2D eigenvalue weighted by Crippen LogP contribution is 2.30. The van der Waals surface area contributed by atoms with Crippen LogP contribution < -0.4 is 5.56 Å². The number of hydrogen-bond acceptors (Lipinski definition) is 8. The molecule has 0 radical (unpaired) electrons. The summed E-state index contributed by atoms with van der Waals surface area (Å²) in [6.45, 7) is 4.68. The van der Waals surface area contributed by atoms with Crippen LogP contribution in [-0.4, -0.2) is 66.6 Å². The Morgan fingerprint density at radius 2 is 1.86 bits per heavy atom. The van der Waals surface area contributed by atoms with Crippen LogP contribution in [0.2, 0.25) is 0 Å². The molecule has 4 aromatic rings. The molecule has 0 saturated carbocycles. The number of aryl methyl sites for hydroxylation is 2. The highest BCUT2D eigenvalue weighted by molar-refractivity contribution is 5.86. The maximum absolute atomic E-state index is 13.9. The van der Waals surface area contributed by atoms with Gasteiger partial charge in [0.25, 0.3) is 5.56 Å². The third-order valence-corrected chi connectivity index (χ3v) is 7.81. The van der Waals surface area contributed by atoms with Crippen molar-refractivity contribution in [1.82, 2.24) is 35.1 Å². The normalized spacial score (nSPS) is 14.7. The Hall–Kier alpha value is -4.67. The van der Waals surface area contributed by atoms with Gasteiger partial charge in [0.2, 0.25) is 5.91 Å². The molecule has 1 aliphatic rings. The summed E-state index contributed by atoms with van der Waals surface area (Å²) in [5.74, 6) is 0.604. The van der Waals surface area contributed by atoms with Gasteiger partial charge < -0.3 is 9.64 Å². The van der Waals surface area contributed by atoms with Crippen molar-refractivity contribution < 1.29 is 14.3 Å². The smallest absolute Gasteiger partial charge is 0.328 e. The molecule has 218 valence electrons. The number of carbonyl (C=O) groups is 2. The van der Waals surface area contributed by atoms with E-state index >= 15 is 0 Å². The van der Waals surface area contributed by atoms with Crippen molar-refractivity contribution in [3.8, 4) is 22.5 Å². The number of methoxy groups -OCH3 is 1. The monoisotopic (exact) mass is 569 g/mol. The number of esters is 1. The molecule has 42 heavy (non-hydrogen) atoms. The van der Waals surface area contributed by atoms with Gasteiger partial charge in [-0.1, -0.05) is 61.9 Å². The van der Waals surface area contributed by atoms with E-state index in [0.29, 0.717) is 48.8 Å². The van der Waals surface area contributed by atoms with E-state index in [-0.39, 0.29) is 17.9 Å². The Balaban J connectivity index is 1.43. The predicted molar refractivity (Wildman–Crippen MR) is 156 cm³/mol. The summed E-state index contributed by atoms with van der Waals surface area (Å²) in [7, 11) is 1.32. The van der Waals surface area contributed by atoms with Crippen LogP contribution >= 0.6 is 0 Å². The Morgan fingerprint density at radius 1 is 1.10 bits per heavy atom. The first kappa shape index (κ1) is 28.8. The fourth-order valence-electron chi connectivity index (χ4n) is 5.53. The van der Waals surface area contributed by atoms with Crippen LogP contribution in [0.25, 0.3) is 22.5 Å². The van der Waals surface area contributed by atoms with Crippen molar-refractivity contribution in [2.75, 3.05) is 13.7 Å². The average molecular weight is 570 g/mol. The van der Waals surface area contributed by atoms with Crippen LogP contribution in [0.1, 0.15) is 55.3 Å². The standard InChI is InChI=1S/C31H35N7O4/c1-4-5-12-27-32-20(2)25(18-28(39)37-17-8-11-26(37)31(41)42-3)30(40)38(27)19-21-13-15-22(16-14-21)23-9-6-7-10-24(23)29-33-35-36-34-29/h6-7,9-10,13-16,26H,4-5,8,11-12,17-19H2,1-3H3,(H,33,34,35,36). The van der Waals surface area contributed by atoms with Crippen molar-refractivity contribution in [3.05, 3.63) is 81.5 Å². The summed E-state index contributed by atoms with van der Waals surface area (Å²) >= 11 is 0. The van der Waals surface area contributed by atoms with Gasteiger partial charge in [0, 0.05) is 29.8 Å². The number of aromatic amines is 1. The van der Waals surface area contributed by atoms with Crippen LogP contribution in [0, 0.1) is 6.92 Å². The molecule has 11 heteroatoms. The summed E-state index contributed by atoms with van der Waals surface area (Å²) in [6.07, 6.45) is 3.70. The lowest BCUT2D eigenvalue weighted by atomic mass is 9.98. The number of nitrogens with zero attached hydrogens (tertiary/aromatic N) is 6. The Bertz CT molecular complexity index is 1610. The summed E-state index contributed by atoms with van der Waals surface area (Å²) in [6, 6.07) is 15.3. The van der Waals surface area contributed by atoms with E-state index in [1.54, 1.807) is 11.5 Å². The molecule has 1 amide bonds. The second-order valence-corrected chi connectivity index (χ2v) is 10.5. The van der Waals surface area contributed by atoms with Crippen LogP contribution in [0.5, 0.6) is 0 Å². The minimum absolute atomic E-state index is 0.106. The zero-order valence-corrected chi connectivity index (χ0v) is 24.2. The second kappa shape index (κ2) is 12.9. The van der Waals surface area contributed by atoms with Crippen molar-refractivity contribution in [2.24, 2.45) is 0 Å². The molecule has 2 aromatic carbocycles. The van der Waals surface area contributed by atoms with Crippen molar-refractivity contribution in [3.63, 3.8) is 0 Å². The molecule has 3 heterocycles. The van der Waals surface area contributed by atoms with Crippen LogP contribution in [0.15, 0.2) is 53.3 Å².